The Labute approximate surface area is 224 Å². The Morgan fingerprint density at radius 1 is 0.892 bits per heavy atom. The SMILES string of the molecule is CCC(C)NC(CC(=O)NCCCC(C)CNC)C(=O)OC(C)C.CCNC(CC=O)C(=O)OC(C)C. The van der Waals surface area contributed by atoms with Crippen LogP contribution in [0, 0.1) is 5.92 Å². The molecule has 0 aromatic rings. The monoisotopic (exact) mass is 530 g/mol. The molecular formula is C27H54N4O6. The average molecular weight is 531 g/mol. The molecule has 0 aliphatic carbocycles. The van der Waals surface area contributed by atoms with Crippen molar-refractivity contribution >= 4 is 24.1 Å². The van der Waals surface area contributed by atoms with Gasteiger partial charge in [-0.2, -0.15) is 0 Å². The van der Waals surface area contributed by atoms with Crippen LogP contribution in [-0.4, -0.2) is 81.1 Å². The molecule has 10 heteroatoms. The zero-order chi connectivity index (χ0) is 28.8. The molecule has 37 heavy (non-hydrogen) atoms. The summed E-state index contributed by atoms with van der Waals surface area (Å²) in [7, 11) is 1.94. The smallest absolute Gasteiger partial charge is 0.323 e. The predicted octanol–water partition coefficient (Wildman–Crippen LogP) is 2.34. The summed E-state index contributed by atoms with van der Waals surface area (Å²) < 4.78 is 10.2. The first kappa shape index (κ1) is 37.1. The number of carbonyl (C=O) groups excluding carboxylic acids is 4. The van der Waals surface area contributed by atoms with Gasteiger partial charge in [0.2, 0.25) is 5.91 Å². The van der Waals surface area contributed by atoms with Crippen LogP contribution < -0.4 is 21.3 Å². The maximum Gasteiger partial charge on any atom is 0.323 e. The van der Waals surface area contributed by atoms with Gasteiger partial charge < -0.3 is 35.5 Å². The van der Waals surface area contributed by atoms with Crippen LogP contribution in [0.3, 0.4) is 0 Å². The molecule has 4 N–H and O–H groups in total. The van der Waals surface area contributed by atoms with E-state index in [9.17, 15) is 19.2 Å². The zero-order valence-corrected chi connectivity index (χ0v) is 24.6. The third kappa shape index (κ3) is 21.7. The number of carbonyl (C=O) groups is 4. The molecule has 0 aromatic heterocycles. The van der Waals surface area contributed by atoms with Crippen LogP contribution >= 0.6 is 0 Å². The van der Waals surface area contributed by atoms with Gasteiger partial charge in [0.05, 0.1) is 18.6 Å². The van der Waals surface area contributed by atoms with E-state index >= 15 is 0 Å². The highest BCUT2D eigenvalue weighted by Gasteiger charge is 2.25. The Hall–Kier alpha value is -2.04. The molecule has 0 spiro atoms. The highest BCUT2D eigenvalue weighted by atomic mass is 16.5. The van der Waals surface area contributed by atoms with Gasteiger partial charge in [-0.1, -0.05) is 20.8 Å². The highest BCUT2D eigenvalue weighted by Crippen LogP contribution is 2.05. The van der Waals surface area contributed by atoms with Gasteiger partial charge in [0, 0.05) is 19.0 Å². The van der Waals surface area contributed by atoms with Crippen molar-refractivity contribution in [3.05, 3.63) is 0 Å². The van der Waals surface area contributed by atoms with Gasteiger partial charge in [-0.25, -0.2) is 0 Å². The van der Waals surface area contributed by atoms with Crippen molar-refractivity contribution in [3.8, 4) is 0 Å². The molecular weight excluding hydrogens is 476 g/mol. The predicted molar refractivity (Wildman–Crippen MR) is 147 cm³/mol. The first-order valence-corrected chi connectivity index (χ1v) is 13.7. The molecule has 10 nitrogen and oxygen atoms in total. The Morgan fingerprint density at radius 3 is 1.92 bits per heavy atom. The Balaban J connectivity index is 0. The number of likely N-dealkylation sites (N-methyl/N-ethyl adjacent to an activating group) is 1. The van der Waals surface area contributed by atoms with Crippen molar-refractivity contribution < 1.29 is 28.7 Å². The lowest BCUT2D eigenvalue weighted by Crippen LogP contribution is -2.46. The molecule has 1 amide bonds. The third-order valence-corrected chi connectivity index (χ3v) is 5.29. The summed E-state index contributed by atoms with van der Waals surface area (Å²) in [5, 5.41) is 12.1. The van der Waals surface area contributed by atoms with E-state index < -0.39 is 12.1 Å². The molecule has 0 aliphatic rings. The summed E-state index contributed by atoms with van der Waals surface area (Å²) in [4.78, 5) is 45.8. The normalized spacial score (nSPS) is 14.1. The van der Waals surface area contributed by atoms with Crippen molar-refractivity contribution in [2.24, 2.45) is 5.92 Å². The Morgan fingerprint density at radius 2 is 1.46 bits per heavy atom. The first-order chi connectivity index (χ1) is 17.4. The molecule has 4 unspecified atom stereocenters. The van der Waals surface area contributed by atoms with E-state index in [1.807, 2.05) is 41.7 Å². The van der Waals surface area contributed by atoms with Crippen molar-refractivity contribution in [2.75, 3.05) is 26.7 Å². The van der Waals surface area contributed by atoms with E-state index in [4.69, 9.17) is 9.47 Å². The highest BCUT2D eigenvalue weighted by molar-refractivity contribution is 5.85. The largest absolute Gasteiger partial charge is 0.462 e. The van der Waals surface area contributed by atoms with Gasteiger partial charge in [0.1, 0.15) is 18.4 Å². The summed E-state index contributed by atoms with van der Waals surface area (Å²) in [6.07, 6.45) is 3.56. The Bertz CT molecular complexity index is 630. The van der Waals surface area contributed by atoms with E-state index in [1.165, 1.54) is 0 Å². The van der Waals surface area contributed by atoms with E-state index in [1.54, 1.807) is 13.8 Å². The lowest BCUT2D eigenvalue weighted by atomic mass is 10.1. The first-order valence-electron chi connectivity index (χ1n) is 13.7. The van der Waals surface area contributed by atoms with Gasteiger partial charge in [-0.3, -0.25) is 14.4 Å². The maximum absolute atomic E-state index is 12.2. The fourth-order valence-corrected chi connectivity index (χ4v) is 3.29. The molecule has 4 atom stereocenters. The molecule has 0 radical (unpaired) electrons. The molecule has 0 aromatic carbocycles. The number of nitrogens with one attached hydrogen (secondary N) is 4. The van der Waals surface area contributed by atoms with Crippen molar-refractivity contribution in [1.29, 1.82) is 0 Å². The van der Waals surface area contributed by atoms with E-state index in [-0.39, 0.29) is 48.9 Å². The van der Waals surface area contributed by atoms with Crippen molar-refractivity contribution in [3.63, 3.8) is 0 Å². The average Bonchev–Trinajstić information content (AvgIpc) is 2.81. The summed E-state index contributed by atoms with van der Waals surface area (Å²) in [6, 6.07) is -0.930. The number of hydrogen-bond donors (Lipinski definition) is 4. The quantitative estimate of drug-likeness (QED) is 0.113. The van der Waals surface area contributed by atoms with E-state index in [0.717, 1.165) is 32.1 Å². The number of amides is 1. The zero-order valence-electron chi connectivity index (χ0n) is 24.6. The standard InChI is InChI=1S/C18H37N3O3.C9H17NO3/c1-7-15(5)21-16(18(23)24-13(2)3)11-17(22)20-10-8-9-14(4)12-19-6;1-4-10-8(5-6-11)9(12)13-7(2)3/h13-16,19,21H,7-12H2,1-6H3,(H,20,22);6-8,10H,4-5H2,1-3H3. The molecule has 0 rings (SSSR count). The lowest BCUT2D eigenvalue weighted by molar-refractivity contribution is -0.152. The number of rotatable bonds is 19. The topological polar surface area (TPSA) is 135 Å². The van der Waals surface area contributed by atoms with Crippen molar-refractivity contribution in [2.45, 2.75) is 118 Å². The van der Waals surface area contributed by atoms with Crippen LogP contribution in [0.25, 0.3) is 0 Å². The number of esters is 2. The van der Waals surface area contributed by atoms with Crippen LogP contribution in [0.5, 0.6) is 0 Å². The van der Waals surface area contributed by atoms with Gasteiger partial charge in [-0.05, 0) is 79.9 Å². The fourth-order valence-electron chi connectivity index (χ4n) is 3.29. The molecule has 0 saturated heterocycles. The van der Waals surface area contributed by atoms with Crippen LogP contribution in [0.15, 0.2) is 0 Å². The summed E-state index contributed by atoms with van der Waals surface area (Å²) in [6.45, 7) is 17.5. The number of ether oxygens (including phenoxy) is 2. The van der Waals surface area contributed by atoms with Gasteiger partial charge in [-0.15, -0.1) is 0 Å². The lowest BCUT2D eigenvalue weighted by Gasteiger charge is -2.22. The molecule has 0 heterocycles. The minimum Gasteiger partial charge on any atom is -0.462 e. The fraction of sp³-hybridized carbons (Fsp3) is 0.852. The minimum atomic E-state index is -0.592. The van der Waals surface area contributed by atoms with Crippen LogP contribution in [-0.2, 0) is 28.7 Å². The summed E-state index contributed by atoms with van der Waals surface area (Å²) in [5.41, 5.74) is 0. The van der Waals surface area contributed by atoms with Gasteiger partial charge >= 0.3 is 11.9 Å². The van der Waals surface area contributed by atoms with E-state index in [0.29, 0.717) is 19.0 Å². The minimum absolute atomic E-state index is 0.113. The Kier molecular flexibility index (Phi) is 23.2. The third-order valence-electron chi connectivity index (χ3n) is 5.29. The van der Waals surface area contributed by atoms with Gasteiger partial charge in [0.25, 0.3) is 0 Å². The van der Waals surface area contributed by atoms with Crippen LogP contribution in [0.4, 0.5) is 0 Å². The second-order valence-corrected chi connectivity index (χ2v) is 9.87. The molecule has 0 saturated carbocycles. The summed E-state index contributed by atoms with van der Waals surface area (Å²) >= 11 is 0. The number of hydrogen-bond acceptors (Lipinski definition) is 9. The molecule has 0 bridgehead atoms. The summed E-state index contributed by atoms with van der Waals surface area (Å²) in [5.74, 6) is -0.238. The van der Waals surface area contributed by atoms with Crippen LogP contribution in [0.2, 0.25) is 0 Å². The molecule has 0 fully saturated rings. The number of aldehydes is 1. The molecule has 0 aliphatic heterocycles. The maximum atomic E-state index is 12.2. The molecule has 218 valence electrons. The van der Waals surface area contributed by atoms with Gasteiger partial charge in [0.15, 0.2) is 0 Å². The second-order valence-electron chi connectivity index (χ2n) is 9.87. The van der Waals surface area contributed by atoms with Crippen LogP contribution in [0.1, 0.15) is 87.5 Å². The van der Waals surface area contributed by atoms with E-state index in [2.05, 4.69) is 28.2 Å². The van der Waals surface area contributed by atoms with Crippen molar-refractivity contribution in [1.82, 2.24) is 21.3 Å². The second kappa shape index (κ2) is 23.1.